The molecule has 0 amide bonds. The highest BCUT2D eigenvalue weighted by molar-refractivity contribution is 7.89. The van der Waals surface area contributed by atoms with Crippen LogP contribution in [0.1, 0.15) is 11.1 Å². The van der Waals surface area contributed by atoms with E-state index in [0.29, 0.717) is 29.5 Å². The van der Waals surface area contributed by atoms with Crippen molar-refractivity contribution in [3.05, 3.63) is 29.3 Å². The Morgan fingerprint density at radius 1 is 1.11 bits per heavy atom. The van der Waals surface area contributed by atoms with Gasteiger partial charge in [0.1, 0.15) is 0 Å². The van der Waals surface area contributed by atoms with Gasteiger partial charge in [0.25, 0.3) is 0 Å². The van der Waals surface area contributed by atoms with Gasteiger partial charge in [-0.05, 0) is 23.3 Å². The van der Waals surface area contributed by atoms with Crippen LogP contribution in [0.15, 0.2) is 23.1 Å². The zero-order valence-electron chi connectivity index (χ0n) is 10.5. The van der Waals surface area contributed by atoms with Crippen LogP contribution in [0.2, 0.25) is 0 Å². The second kappa shape index (κ2) is 4.97. The van der Waals surface area contributed by atoms with Crippen molar-refractivity contribution >= 4 is 20.8 Å². The molecule has 0 bridgehead atoms. The molecule has 19 heavy (non-hydrogen) atoms. The lowest BCUT2D eigenvalue weighted by Gasteiger charge is -2.25. The summed E-state index contributed by atoms with van der Waals surface area (Å²) in [6.45, 7) is 2.23. The Bertz CT molecular complexity index is 618. The Labute approximate surface area is 115 Å². The van der Waals surface area contributed by atoms with E-state index in [2.05, 4.69) is 5.32 Å². The van der Waals surface area contributed by atoms with Gasteiger partial charge in [-0.3, -0.25) is 4.21 Å². The quantitative estimate of drug-likeness (QED) is 0.838. The molecular formula is C12H16N2O3S2. The van der Waals surface area contributed by atoms with Crippen LogP contribution in [0, 0.1) is 0 Å². The van der Waals surface area contributed by atoms with Crippen molar-refractivity contribution in [3.8, 4) is 0 Å². The Hall–Kier alpha value is -0.760. The molecule has 5 nitrogen and oxygen atoms in total. The maximum absolute atomic E-state index is 12.5. The third-order valence-corrected chi connectivity index (χ3v) is 6.75. The van der Waals surface area contributed by atoms with Gasteiger partial charge in [-0.1, -0.05) is 6.07 Å². The summed E-state index contributed by atoms with van der Waals surface area (Å²) in [5, 5.41) is 3.20. The molecule has 2 aliphatic rings. The lowest BCUT2D eigenvalue weighted by atomic mass is 10.1. The molecular weight excluding hydrogens is 284 g/mol. The number of rotatable bonds is 2. The SMILES string of the molecule is O=S1CCN(S(=O)(=O)c2ccc3c(c2)CNC3)CC1. The summed E-state index contributed by atoms with van der Waals surface area (Å²) in [5.41, 5.74) is 2.22. The Morgan fingerprint density at radius 3 is 2.53 bits per heavy atom. The molecule has 1 N–H and O–H groups in total. The standard InChI is InChI=1S/C12H16N2O3S2/c15-18-5-3-14(4-6-18)19(16,17)12-2-1-10-8-13-9-11(10)7-12/h1-2,7,13H,3-6,8-9H2. The molecule has 0 spiro atoms. The van der Waals surface area contributed by atoms with Gasteiger partial charge in [-0.2, -0.15) is 4.31 Å². The van der Waals surface area contributed by atoms with E-state index in [-0.39, 0.29) is 0 Å². The molecule has 1 aromatic rings. The summed E-state index contributed by atoms with van der Waals surface area (Å²) in [6, 6.07) is 5.31. The van der Waals surface area contributed by atoms with Gasteiger partial charge in [0.05, 0.1) is 4.90 Å². The van der Waals surface area contributed by atoms with E-state index in [4.69, 9.17) is 0 Å². The van der Waals surface area contributed by atoms with Crippen molar-refractivity contribution in [2.75, 3.05) is 24.6 Å². The molecule has 1 aromatic carbocycles. The molecule has 0 saturated carbocycles. The number of fused-ring (bicyclic) bond motifs is 1. The first-order chi connectivity index (χ1) is 9.07. The minimum absolute atomic E-state index is 0.350. The number of benzene rings is 1. The number of sulfonamides is 1. The molecule has 0 aromatic heterocycles. The van der Waals surface area contributed by atoms with Crippen LogP contribution in [0.4, 0.5) is 0 Å². The molecule has 0 unspecified atom stereocenters. The summed E-state index contributed by atoms with van der Waals surface area (Å²) in [7, 11) is -4.30. The average Bonchev–Trinajstić information content (AvgIpc) is 2.86. The van der Waals surface area contributed by atoms with E-state index in [9.17, 15) is 12.6 Å². The topological polar surface area (TPSA) is 66.5 Å². The highest BCUT2D eigenvalue weighted by Crippen LogP contribution is 2.23. The van der Waals surface area contributed by atoms with E-state index in [1.165, 1.54) is 9.87 Å². The summed E-state index contributed by atoms with van der Waals surface area (Å²) < 4.78 is 37.8. The first-order valence-electron chi connectivity index (χ1n) is 6.25. The Kier molecular flexibility index (Phi) is 3.46. The van der Waals surface area contributed by atoms with Crippen LogP contribution >= 0.6 is 0 Å². The van der Waals surface area contributed by atoms with E-state index in [1.54, 1.807) is 12.1 Å². The fraction of sp³-hybridized carbons (Fsp3) is 0.500. The summed E-state index contributed by atoms with van der Waals surface area (Å²) in [5.74, 6) is 0.872. The molecule has 3 rings (SSSR count). The van der Waals surface area contributed by atoms with Crippen molar-refractivity contribution in [1.82, 2.24) is 9.62 Å². The predicted octanol–water partition coefficient (Wildman–Crippen LogP) is 0.0428. The molecule has 0 radical (unpaired) electrons. The summed E-state index contributed by atoms with van der Waals surface area (Å²) in [4.78, 5) is 0.350. The predicted molar refractivity (Wildman–Crippen MR) is 73.6 cm³/mol. The third kappa shape index (κ3) is 2.47. The molecule has 104 valence electrons. The van der Waals surface area contributed by atoms with E-state index < -0.39 is 20.8 Å². The van der Waals surface area contributed by atoms with Gasteiger partial charge < -0.3 is 5.32 Å². The third-order valence-electron chi connectivity index (χ3n) is 3.58. The van der Waals surface area contributed by atoms with E-state index in [0.717, 1.165) is 18.7 Å². The monoisotopic (exact) mass is 300 g/mol. The summed E-state index contributed by atoms with van der Waals surface area (Å²) in [6.07, 6.45) is 0. The smallest absolute Gasteiger partial charge is 0.243 e. The normalized spacial score (nSPS) is 21.5. The Morgan fingerprint density at radius 2 is 1.79 bits per heavy atom. The van der Waals surface area contributed by atoms with Crippen molar-refractivity contribution in [2.24, 2.45) is 0 Å². The van der Waals surface area contributed by atoms with Crippen molar-refractivity contribution in [3.63, 3.8) is 0 Å². The van der Waals surface area contributed by atoms with E-state index >= 15 is 0 Å². The van der Waals surface area contributed by atoms with E-state index in [1.807, 2.05) is 6.07 Å². The van der Waals surface area contributed by atoms with Crippen LogP contribution in [0.5, 0.6) is 0 Å². The maximum Gasteiger partial charge on any atom is 0.243 e. The minimum Gasteiger partial charge on any atom is -0.309 e. The average molecular weight is 300 g/mol. The van der Waals surface area contributed by atoms with Crippen LogP contribution < -0.4 is 5.32 Å². The van der Waals surface area contributed by atoms with Crippen molar-refractivity contribution in [2.45, 2.75) is 18.0 Å². The molecule has 2 aliphatic heterocycles. The van der Waals surface area contributed by atoms with Crippen LogP contribution in [-0.4, -0.2) is 41.5 Å². The van der Waals surface area contributed by atoms with Crippen LogP contribution in [0.25, 0.3) is 0 Å². The van der Waals surface area contributed by atoms with Gasteiger partial charge in [0.15, 0.2) is 0 Å². The van der Waals surface area contributed by atoms with Crippen LogP contribution in [-0.2, 0) is 33.9 Å². The second-order valence-corrected chi connectivity index (χ2v) is 8.42. The first kappa shape index (κ1) is 13.2. The highest BCUT2D eigenvalue weighted by Gasteiger charge is 2.28. The number of nitrogens with zero attached hydrogens (tertiary/aromatic N) is 1. The van der Waals surface area contributed by atoms with Gasteiger partial charge in [-0.25, -0.2) is 8.42 Å². The maximum atomic E-state index is 12.5. The zero-order chi connectivity index (χ0) is 13.5. The fourth-order valence-electron chi connectivity index (χ4n) is 2.44. The minimum atomic E-state index is -3.44. The Balaban J connectivity index is 1.90. The lowest BCUT2D eigenvalue weighted by Crippen LogP contribution is -2.41. The molecule has 0 atom stereocenters. The lowest BCUT2D eigenvalue weighted by molar-refractivity contribution is 0.438. The van der Waals surface area contributed by atoms with Gasteiger partial charge in [-0.15, -0.1) is 0 Å². The largest absolute Gasteiger partial charge is 0.309 e. The van der Waals surface area contributed by atoms with Gasteiger partial charge in [0.2, 0.25) is 10.0 Å². The number of hydrogen-bond acceptors (Lipinski definition) is 4. The molecule has 7 heteroatoms. The van der Waals surface area contributed by atoms with Crippen molar-refractivity contribution in [1.29, 1.82) is 0 Å². The molecule has 1 saturated heterocycles. The molecule has 1 fully saturated rings. The summed E-state index contributed by atoms with van der Waals surface area (Å²) >= 11 is 0. The fourth-order valence-corrected chi connectivity index (χ4v) is 5.22. The molecule has 2 heterocycles. The van der Waals surface area contributed by atoms with Crippen LogP contribution in [0.3, 0.4) is 0 Å². The first-order valence-corrected chi connectivity index (χ1v) is 9.18. The number of hydrogen-bond donors (Lipinski definition) is 1. The zero-order valence-corrected chi connectivity index (χ0v) is 12.1. The number of nitrogens with one attached hydrogen (secondary N) is 1. The second-order valence-electron chi connectivity index (χ2n) is 4.79. The highest BCUT2D eigenvalue weighted by atomic mass is 32.2. The molecule has 0 aliphatic carbocycles. The van der Waals surface area contributed by atoms with Gasteiger partial charge in [0, 0.05) is 48.5 Å². The van der Waals surface area contributed by atoms with Gasteiger partial charge >= 0.3 is 0 Å². The van der Waals surface area contributed by atoms with Crippen molar-refractivity contribution < 1.29 is 12.6 Å².